The van der Waals surface area contributed by atoms with Crippen LogP contribution in [-0.2, 0) is 0 Å². The lowest BCUT2D eigenvalue weighted by Gasteiger charge is -2.10. The van der Waals surface area contributed by atoms with Gasteiger partial charge in [0.1, 0.15) is 18.2 Å². The maximum atomic E-state index is 9.14. The smallest absolute Gasteiger partial charge is 0.157 e. The molecule has 5 nitrogen and oxygen atoms in total. The maximum Gasteiger partial charge on any atom is 0.157 e. The van der Waals surface area contributed by atoms with Crippen LogP contribution in [0.1, 0.15) is 0 Å². The molecule has 1 heterocycles. The number of hydrogen-bond acceptors (Lipinski definition) is 5. The molecule has 0 amide bonds. The van der Waals surface area contributed by atoms with Crippen LogP contribution in [0.4, 0.5) is 11.5 Å². The van der Waals surface area contributed by atoms with Crippen LogP contribution in [-0.4, -0.2) is 21.3 Å². The fourth-order valence-corrected chi connectivity index (χ4v) is 0.821. The van der Waals surface area contributed by atoms with E-state index in [1.54, 1.807) is 0 Å². The SMILES string of the molecule is C=CC(O)Nc1ncnc(Cl)c1N. The standard InChI is InChI=1S/C7H9ClN4O/c1-2-4(13)12-7-5(9)6(8)10-3-11-7/h2-4,13H,1,9H2,(H,10,11,12). The quantitative estimate of drug-likeness (QED) is 0.379. The monoisotopic (exact) mass is 200 g/mol. The normalized spacial score (nSPS) is 12.2. The van der Waals surface area contributed by atoms with Crippen molar-refractivity contribution in [1.82, 2.24) is 9.97 Å². The zero-order valence-electron chi connectivity index (χ0n) is 6.74. The van der Waals surface area contributed by atoms with Crippen molar-refractivity contribution in [2.75, 3.05) is 11.1 Å². The summed E-state index contributed by atoms with van der Waals surface area (Å²) in [7, 11) is 0. The molecule has 0 aliphatic heterocycles. The summed E-state index contributed by atoms with van der Waals surface area (Å²) in [5.74, 6) is 0.285. The van der Waals surface area contributed by atoms with Crippen molar-refractivity contribution in [3.63, 3.8) is 0 Å². The molecule has 0 aliphatic rings. The minimum absolute atomic E-state index is 0.147. The van der Waals surface area contributed by atoms with E-state index in [0.717, 1.165) is 0 Å². The fourth-order valence-electron chi connectivity index (χ4n) is 0.688. The Kier molecular flexibility index (Phi) is 3.05. The largest absolute Gasteiger partial charge is 0.393 e. The first-order chi connectivity index (χ1) is 6.15. The van der Waals surface area contributed by atoms with Crippen molar-refractivity contribution in [1.29, 1.82) is 0 Å². The zero-order valence-corrected chi connectivity index (χ0v) is 7.49. The molecular formula is C7H9ClN4O. The molecule has 0 fully saturated rings. The number of aliphatic hydroxyl groups is 1. The van der Waals surface area contributed by atoms with E-state index in [1.165, 1.54) is 12.4 Å². The number of nitrogens with one attached hydrogen (secondary N) is 1. The van der Waals surface area contributed by atoms with Gasteiger partial charge in [-0.3, -0.25) is 0 Å². The predicted octanol–water partition coefficient (Wildman–Crippen LogP) is 0.628. The van der Waals surface area contributed by atoms with Crippen molar-refractivity contribution in [2.24, 2.45) is 0 Å². The van der Waals surface area contributed by atoms with Gasteiger partial charge in [0.15, 0.2) is 11.0 Å². The number of hydrogen-bond donors (Lipinski definition) is 3. The topological polar surface area (TPSA) is 84.1 Å². The van der Waals surface area contributed by atoms with Crippen LogP contribution in [0, 0.1) is 0 Å². The third-order valence-corrected chi connectivity index (χ3v) is 1.64. The van der Waals surface area contributed by atoms with Crippen LogP contribution in [0.15, 0.2) is 19.0 Å². The number of aliphatic hydroxyl groups excluding tert-OH is 1. The van der Waals surface area contributed by atoms with E-state index in [2.05, 4.69) is 21.9 Å². The first-order valence-electron chi connectivity index (χ1n) is 3.48. The Hall–Kier alpha value is -1.33. The van der Waals surface area contributed by atoms with Gasteiger partial charge in [-0.25, -0.2) is 9.97 Å². The Balaban J connectivity index is 2.88. The van der Waals surface area contributed by atoms with Crippen molar-refractivity contribution in [2.45, 2.75) is 6.23 Å². The summed E-state index contributed by atoms with van der Waals surface area (Å²) >= 11 is 5.62. The zero-order chi connectivity index (χ0) is 9.84. The highest BCUT2D eigenvalue weighted by molar-refractivity contribution is 6.32. The van der Waals surface area contributed by atoms with E-state index in [-0.39, 0.29) is 16.7 Å². The second-order valence-electron chi connectivity index (χ2n) is 2.25. The van der Waals surface area contributed by atoms with Crippen molar-refractivity contribution in [3.05, 3.63) is 24.1 Å². The molecule has 0 aliphatic carbocycles. The van der Waals surface area contributed by atoms with Gasteiger partial charge >= 0.3 is 0 Å². The van der Waals surface area contributed by atoms with Gasteiger partial charge in [0.25, 0.3) is 0 Å². The predicted molar refractivity (Wildman–Crippen MR) is 51.3 cm³/mol. The highest BCUT2D eigenvalue weighted by Gasteiger charge is 2.07. The van der Waals surface area contributed by atoms with Gasteiger partial charge < -0.3 is 16.2 Å². The molecule has 0 spiro atoms. The highest BCUT2D eigenvalue weighted by atomic mass is 35.5. The first-order valence-corrected chi connectivity index (χ1v) is 3.86. The lowest BCUT2D eigenvalue weighted by Crippen LogP contribution is -2.17. The van der Waals surface area contributed by atoms with Crippen LogP contribution in [0.3, 0.4) is 0 Å². The Morgan fingerprint density at radius 1 is 1.69 bits per heavy atom. The molecule has 0 radical (unpaired) electrons. The highest BCUT2D eigenvalue weighted by Crippen LogP contribution is 2.21. The Labute approximate surface area is 80.3 Å². The van der Waals surface area contributed by atoms with E-state index >= 15 is 0 Å². The number of nitrogen functional groups attached to an aromatic ring is 1. The number of anilines is 2. The summed E-state index contributed by atoms with van der Waals surface area (Å²) in [6, 6.07) is 0. The molecule has 13 heavy (non-hydrogen) atoms. The molecule has 0 aromatic carbocycles. The number of rotatable bonds is 3. The number of nitrogens with zero attached hydrogens (tertiary/aromatic N) is 2. The van der Waals surface area contributed by atoms with Gasteiger partial charge in [-0.15, -0.1) is 0 Å². The van der Waals surface area contributed by atoms with Crippen LogP contribution >= 0.6 is 11.6 Å². The van der Waals surface area contributed by atoms with Gasteiger partial charge in [-0.2, -0.15) is 0 Å². The first kappa shape index (κ1) is 9.76. The molecule has 4 N–H and O–H groups in total. The molecule has 0 saturated heterocycles. The molecule has 6 heteroatoms. The van der Waals surface area contributed by atoms with Crippen molar-refractivity contribution in [3.8, 4) is 0 Å². The summed E-state index contributed by atoms with van der Waals surface area (Å²) in [5.41, 5.74) is 5.72. The molecule has 1 aromatic rings. The van der Waals surface area contributed by atoms with Gasteiger partial charge in [0.05, 0.1) is 0 Å². The summed E-state index contributed by atoms with van der Waals surface area (Å²) in [4.78, 5) is 7.44. The lowest BCUT2D eigenvalue weighted by atomic mass is 10.4. The Morgan fingerprint density at radius 3 is 3.00 bits per heavy atom. The van der Waals surface area contributed by atoms with Crippen molar-refractivity contribution < 1.29 is 5.11 Å². The minimum Gasteiger partial charge on any atom is -0.393 e. The van der Waals surface area contributed by atoms with Crippen molar-refractivity contribution >= 4 is 23.1 Å². The Bertz CT molecular complexity index is 317. The molecule has 1 unspecified atom stereocenters. The van der Waals surface area contributed by atoms with E-state index in [4.69, 9.17) is 22.4 Å². The average Bonchev–Trinajstić information content (AvgIpc) is 2.13. The fraction of sp³-hybridized carbons (Fsp3) is 0.143. The van der Waals surface area contributed by atoms with E-state index in [1.807, 2.05) is 0 Å². The number of halogens is 1. The number of nitrogens with two attached hydrogens (primary N) is 1. The summed E-state index contributed by atoms with van der Waals surface area (Å²) in [6.45, 7) is 3.38. The molecule has 0 saturated carbocycles. The van der Waals surface area contributed by atoms with Crippen LogP contribution in [0.5, 0.6) is 0 Å². The summed E-state index contributed by atoms with van der Waals surface area (Å²) < 4.78 is 0. The summed E-state index contributed by atoms with van der Waals surface area (Å²) in [5, 5.41) is 11.9. The van der Waals surface area contributed by atoms with Gasteiger partial charge in [-0.05, 0) is 6.08 Å². The molecule has 1 rings (SSSR count). The molecule has 1 atom stereocenters. The molecule has 70 valence electrons. The van der Waals surface area contributed by atoms with Crippen LogP contribution in [0.25, 0.3) is 0 Å². The van der Waals surface area contributed by atoms with Crippen LogP contribution in [0.2, 0.25) is 5.15 Å². The van der Waals surface area contributed by atoms with Gasteiger partial charge in [0.2, 0.25) is 0 Å². The third kappa shape index (κ3) is 2.30. The van der Waals surface area contributed by atoms with Crippen LogP contribution < -0.4 is 11.1 Å². The van der Waals surface area contributed by atoms with Gasteiger partial charge in [-0.1, -0.05) is 18.2 Å². The molecular weight excluding hydrogens is 192 g/mol. The van der Waals surface area contributed by atoms with E-state index in [9.17, 15) is 0 Å². The summed E-state index contributed by atoms with van der Waals surface area (Å²) in [6.07, 6.45) is 1.64. The maximum absolute atomic E-state index is 9.14. The molecule has 0 bridgehead atoms. The average molecular weight is 201 g/mol. The second kappa shape index (κ2) is 4.06. The minimum atomic E-state index is -0.909. The van der Waals surface area contributed by atoms with E-state index in [0.29, 0.717) is 0 Å². The lowest BCUT2D eigenvalue weighted by molar-refractivity contribution is 0.252. The van der Waals surface area contributed by atoms with Gasteiger partial charge in [0, 0.05) is 0 Å². The Morgan fingerprint density at radius 2 is 2.38 bits per heavy atom. The number of aromatic nitrogens is 2. The van der Waals surface area contributed by atoms with E-state index < -0.39 is 6.23 Å². The second-order valence-corrected chi connectivity index (χ2v) is 2.61. The molecule has 1 aromatic heterocycles. The third-order valence-electron chi connectivity index (χ3n) is 1.34.